The monoisotopic (exact) mass is 306 g/mol. The van der Waals surface area contributed by atoms with Crippen LogP contribution in [0.3, 0.4) is 0 Å². The molecule has 2 aliphatic rings. The molecule has 2 unspecified atom stereocenters. The fraction of sp³-hybridized carbons (Fsp3) is 0.765. The minimum atomic E-state index is -0.358. The van der Waals surface area contributed by atoms with Gasteiger partial charge < -0.3 is 14.8 Å². The zero-order chi connectivity index (χ0) is 15.8. The number of rotatable bonds is 6. The zero-order valence-corrected chi connectivity index (χ0v) is 13.3. The van der Waals surface area contributed by atoms with Crippen molar-refractivity contribution in [2.75, 3.05) is 6.61 Å². The van der Waals surface area contributed by atoms with E-state index in [4.69, 9.17) is 14.7 Å². The summed E-state index contributed by atoms with van der Waals surface area (Å²) in [5.74, 6) is -0.358. The van der Waals surface area contributed by atoms with Crippen LogP contribution < -0.4 is 5.32 Å². The average molecular weight is 306 g/mol. The summed E-state index contributed by atoms with van der Waals surface area (Å²) < 4.78 is 11.3. The summed E-state index contributed by atoms with van der Waals surface area (Å²) in [4.78, 5) is 12.2. The van der Waals surface area contributed by atoms with E-state index in [1.165, 1.54) is 19.1 Å². The summed E-state index contributed by atoms with van der Waals surface area (Å²) in [6.45, 7) is 2.26. The van der Waals surface area contributed by atoms with Gasteiger partial charge >= 0.3 is 0 Å². The van der Waals surface area contributed by atoms with Crippen LogP contribution in [0.15, 0.2) is 11.8 Å². The Morgan fingerprint density at radius 1 is 1.23 bits per heavy atom. The molecule has 2 rings (SSSR count). The number of nitrogens with one attached hydrogen (secondary N) is 1. The summed E-state index contributed by atoms with van der Waals surface area (Å²) in [5.41, 5.74) is 0.0204. The quantitative estimate of drug-likeness (QED) is 0.465. The molecule has 0 aliphatic heterocycles. The third-order valence-electron chi connectivity index (χ3n) is 4.42. The number of nitriles is 1. The Morgan fingerprint density at radius 3 is 2.59 bits per heavy atom. The molecule has 2 fully saturated rings. The lowest BCUT2D eigenvalue weighted by molar-refractivity contribution is -0.120. The van der Waals surface area contributed by atoms with Crippen molar-refractivity contribution < 1.29 is 14.3 Å². The van der Waals surface area contributed by atoms with Crippen LogP contribution in [0.1, 0.15) is 58.3 Å². The average Bonchev–Trinajstić information content (AvgIpc) is 3.03. The lowest BCUT2D eigenvalue weighted by Crippen LogP contribution is -2.47. The molecule has 0 aromatic carbocycles. The molecule has 0 bridgehead atoms. The Bertz CT molecular complexity index is 436. The van der Waals surface area contributed by atoms with Gasteiger partial charge in [-0.25, -0.2) is 0 Å². The third kappa shape index (κ3) is 4.74. The molecule has 0 saturated heterocycles. The Kier molecular flexibility index (Phi) is 6.73. The van der Waals surface area contributed by atoms with Crippen LogP contribution in [0, 0.1) is 11.3 Å². The van der Waals surface area contributed by atoms with Crippen LogP contribution in [-0.2, 0) is 14.3 Å². The highest BCUT2D eigenvalue weighted by molar-refractivity contribution is 5.97. The van der Waals surface area contributed by atoms with Crippen molar-refractivity contribution in [1.29, 1.82) is 5.26 Å². The van der Waals surface area contributed by atoms with Crippen LogP contribution in [0.5, 0.6) is 0 Å². The van der Waals surface area contributed by atoms with Crippen molar-refractivity contribution in [3.63, 3.8) is 0 Å². The molecule has 5 nitrogen and oxygen atoms in total. The maximum atomic E-state index is 12.2. The molecule has 2 saturated carbocycles. The lowest BCUT2D eigenvalue weighted by Gasteiger charge is -2.34. The molecule has 1 N–H and O–H groups in total. The van der Waals surface area contributed by atoms with Crippen molar-refractivity contribution in [2.45, 2.75) is 76.5 Å². The molecule has 5 heteroatoms. The van der Waals surface area contributed by atoms with E-state index in [1.54, 1.807) is 0 Å². The Balaban J connectivity index is 1.92. The second-order valence-electron chi connectivity index (χ2n) is 6.04. The van der Waals surface area contributed by atoms with Crippen LogP contribution in [0.2, 0.25) is 0 Å². The Morgan fingerprint density at radius 2 is 1.91 bits per heavy atom. The first-order chi connectivity index (χ1) is 10.7. The Hall–Kier alpha value is -1.54. The SMILES string of the molecule is CCO/C=C(\C#N)C(=O)NC1CCCCC1OC1CCCC1. The fourth-order valence-corrected chi connectivity index (χ4v) is 3.24. The number of hydrogen-bond donors (Lipinski definition) is 1. The predicted molar refractivity (Wildman–Crippen MR) is 82.8 cm³/mol. The molecule has 0 heterocycles. The summed E-state index contributed by atoms with van der Waals surface area (Å²) in [6, 6.07) is 1.90. The fourth-order valence-electron chi connectivity index (χ4n) is 3.24. The van der Waals surface area contributed by atoms with Gasteiger partial charge in [-0.1, -0.05) is 25.7 Å². The second-order valence-corrected chi connectivity index (χ2v) is 6.04. The van der Waals surface area contributed by atoms with Crippen molar-refractivity contribution in [3.8, 4) is 6.07 Å². The molecule has 0 spiro atoms. The summed E-state index contributed by atoms with van der Waals surface area (Å²) in [5, 5.41) is 12.0. The van der Waals surface area contributed by atoms with Gasteiger partial charge in [0.15, 0.2) is 5.57 Å². The predicted octanol–water partition coefficient (Wildman–Crippen LogP) is 2.82. The van der Waals surface area contributed by atoms with Crippen LogP contribution in [0.4, 0.5) is 0 Å². The molecular weight excluding hydrogens is 280 g/mol. The normalized spacial score (nSPS) is 26.5. The topological polar surface area (TPSA) is 71.3 Å². The van der Waals surface area contributed by atoms with E-state index in [2.05, 4.69) is 5.32 Å². The maximum absolute atomic E-state index is 12.2. The number of ether oxygens (including phenoxy) is 2. The van der Waals surface area contributed by atoms with Gasteiger partial charge in [-0.3, -0.25) is 4.79 Å². The molecule has 0 aromatic rings. The number of carbonyl (C=O) groups is 1. The lowest BCUT2D eigenvalue weighted by atomic mass is 9.92. The standard InChI is InChI=1S/C17H26N2O3/c1-2-21-12-13(11-18)17(20)19-15-9-5-6-10-16(15)22-14-7-3-4-8-14/h12,14-16H,2-10H2,1H3,(H,19,20)/b13-12+. The van der Waals surface area contributed by atoms with Crippen molar-refractivity contribution in [2.24, 2.45) is 0 Å². The maximum Gasteiger partial charge on any atom is 0.265 e. The molecule has 2 aliphatic carbocycles. The van der Waals surface area contributed by atoms with Gasteiger partial charge in [0.2, 0.25) is 0 Å². The molecule has 122 valence electrons. The number of nitrogens with zero attached hydrogens (tertiary/aromatic N) is 1. The highest BCUT2D eigenvalue weighted by Gasteiger charge is 2.31. The second kappa shape index (κ2) is 8.79. The van der Waals surface area contributed by atoms with E-state index in [1.807, 2.05) is 13.0 Å². The highest BCUT2D eigenvalue weighted by atomic mass is 16.5. The number of amides is 1. The first-order valence-electron chi connectivity index (χ1n) is 8.42. The zero-order valence-electron chi connectivity index (χ0n) is 13.3. The molecule has 0 aromatic heterocycles. The van der Waals surface area contributed by atoms with E-state index < -0.39 is 0 Å². The third-order valence-corrected chi connectivity index (χ3v) is 4.42. The van der Waals surface area contributed by atoms with Gasteiger partial charge in [-0.15, -0.1) is 0 Å². The summed E-state index contributed by atoms with van der Waals surface area (Å²) in [6.07, 6.45) is 10.5. The van der Waals surface area contributed by atoms with E-state index in [-0.39, 0.29) is 23.6 Å². The van der Waals surface area contributed by atoms with Gasteiger partial charge in [0.05, 0.1) is 24.9 Å². The van der Waals surface area contributed by atoms with E-state index in [0.29, 0.717) is 12.7 Å². The van der Waals surface area contributed by atoms with Crippen molar-refractivity contribution in [3.05, 3.63) is 11.8 Å². The highest BCUT2D eigenvalue weighted by Crippen LogP contribution is 2.28. The first-order valence-corrected chi connectivity index (χ1v) is 8.42. The molecule has 22 heavy (non-hydrogen) atoms. The minimum absolute atomic E-state index is 0.000210. The molecule has 0 radical (unpaired) electrons. The van der Waals surface area contributed by atoms with Crippen LogP contribution in [-0.4, -0.2) is 30.8 Å². The van der Waals surface area contributed by atoms with Gasteiger partial charge in [0.25, 0.3) is 5.91 Å². The van der Waals surface area contributed by atoms with E-state index >= 15 is 0 Å². The number of carbonyl (C=O) groups excluding carboxylic acids is 1. The minimum Gasteiger partial charge on any atom is -0.500 e. The van der Waals surface area contributed by atoms with Gasteiger partial charge in [0, 0.05) is 0 Å². The summed E-state index contributed by atoms with van der Waals surface area (Å²) in [7, 11) is 0. The molecule has 1 amide bonds. The van der Waals surface area contributed by atoms with Gasteiger partial charge in [0.1, 0.15) is 12.3 Å². The van der Waals surface area contributed by atoms with Crippen molar-refractivity contribution in [1.82, 2.24) is 5.32 Å². The Labute approximate surface area is 132 Å². The summed E-state index contributed by atoms with van der Waals surface area (Å²) >= 11 is 0. The number of hydrogen-bond acceptors (Lipinski definition) is 4. The van der Waals surface area contributed by atoms with Crippen LogP contribution in [0.25, 0.3) is 0 Å². The first kappa shape index (κ1) is 16.8. The molecule has 2 atom stereocenters. The van der Waals surface area contributed by atoms with E-state index in [9.17, 15) is 4.79 Å². The van der Waals surface area contributed by atoms with Crippen LogP contribution >= 0.6 is 0 Å². The largest absolute Gasteiger partial charge is 0.500 e. The molecular formula is C17H26N2O3. The van der Waals surface area contributed by atoms with Gasteiger partial charge in [-0.2, -0.15) is 5.26 Å². The van der Waals surface area contributed by atoms with Gasteiger partial charge in [-0.05, 0) is 32.6 Å². The smallest absolute Gasteiger partial charge is 0.265 e. The van der Waals surface area contributed by atoms with Crippen molar-refractivity contribution >= 4 is 5.91 Å². The van der Waals surface area contributed by atoms with E-state index in [0.717, 1.165) is 38.5 Å².